The van der Waals surface area contributed by atoms with Crippen LogP contribution in [0.5, 0.6) is 0 Å². The minimum Gasteiger partial charge on any atom is -0.333 e. The lowest BCUT2D eigenvalue weighted by molar-refractivity contribution is -0.127. The van der Waals surface area contributed by atoms with Crippen molar-refractivity contribution in [3.8, 4) is 6.07 Å². The Bertz CT molecular complexity index is 1560. The summed E-state index contributed by atoms with van der Waals surface area (Å²) < 4.78 is 1.96. The van der Waals surface area contributed by atoms with Crippen molar-refractivity contribution >= 4 is 40.4 Å². The molecule has 9 nitrogen and oxygen atoms in total. The number of rotatable bonds is 9. The van der Waals surface area contributed by atoms with Crippen LogP contribution >= 0.6 is 11.6 Å². The Morgan fingerprint density at radius 1 is 1.19 bits per heavy atom. The van der Waals surface area contributed by atoms with Gasteiger partial charge >= 0.3 is 0 Å². The number of fused-ring (bicyclic) bond motifs is 1. The normalized spacial score (nSPS) is 16.8. The second-order valence-electron chi connectivity index (χ2n) is 13.1. The van der Waals surface area contributed by atoms with Gasteiger partial charge in [-0.2, -0.15) is 5.26 Å². The number of nitrogens with two attached hydrogens (primary N) is 1. The topological polar surface area (TPSA) is 129 Å². The van der Waals surface area contributed by atoms with Crippen LogP contribution in [0, 0.1) is 16.7 Å². The number of hydrogen-bond donors (Lipinski definition) is 3. The third-order valence-electron chi connectivity index (χ3n) is 7.95. The molecule has 2 aromatic carbocycles. The molecule has 0 aliphatic carbocycles. The number of carbonyl (C=O) groups is 2. The molecule has 1 aliphatic heterocycles. The molecule has 2 heterocycles. The number of hydrogen-bond acceptors (Lipinski definition) is 6. The summed E-state index contributed by atoms with van der Waals surface area (Å²) >= 11 is 6.03. The molecule has 1 fully saturated rings. The molecule has 1 saturated heterocycles. The highest BCUT2D eigenvalue weighted by Gasteiger charge is 2.33. The first kappa shape index (κ1) is 32.2. The van der Waals surface area contributed by atoms with Crippen LogP contribution in [0.2, 0.25) is 5.02 Å². The summed E-state index contributed by atoms with van der Waals surface area (Å²) in [5.74, 6) is -0.254. The summed E-state index contributed by atoms with van der Waals surface area (Å²) in [6, 6.07) is 14.9. The lowest BCUT2D eigenvalue weighted by atomic mass is 9.88. The maximum atomic E-state index is 13.4. The van der Waals surface area contributed by atoms with Gasteiger partial charge in [0.25, 0.3) is 11.8 Å². The van der Waals surface area contributed by atoms with E-state index in [4.69, 9.17) is 22.3 Å². The van der Waals surface area contributed by atoms with Crippen molar-refractivity contribution in [3.05, 3.63) is 70.3 Å². The van der Waals surface area contributed by atoms with E-state index in [1.807, 2.05) is 22.8 Å². The predicted molar refractivity (Wildman–Crippen MR) is 172 cm³/mol. The van der Waals surface area contributed by atoms with Gasteiger partial charge in [0.2, 0.25) is 5.95 Å². The van der Waals surface area contributed by atoms with Crippen LogP contribution in [-0.2, 0) is 17.9 Å². The van der Waals surface area contributed by atoms with Gasteiger partial charge in [0, 0.05) is 41.8 Å². The Hall–Kier alpha value is -3.71. The molecule has 4 N–H and O–H groups in total. The minimum atomic E-state index is -0.799. The molecule has 2 amide bonds. The monoisotopic (exact) mass is 603 g/mol. The maximum absolute atomic E-state index is 13.4. The van der Waals surface area contributed by atoms with Crippen molar-refractivity contribution in [1.29, 1.82) is 5.26 Å². The fourth-order valence-corrected chi connectivity index (χ4v) is 5.22. The van der Waals surface area contributed by atoms with Gasteiger partial charge in [-0.25, -0.2) is 4.98 Å². The van der Waals surface area contributed by atoms with Crippen LogP contribution in [-0.4, -0.2) is 50.4 Å². The molecule has 1 aliphatic rings. The van der Waals surface area contributed by atoms with Crippen LogP contribution in [0.4, 0.5) is 5.95 Å². The second-order valence-corrected chi connectivity index (χ2v) is 13.5. The van der Waals surface area contributed by atoms with E-state index in [1.165, 1.54) is 6.08 Å². The number of halogens is 1. The minimum absolute atomic E-state index is 0.0350. The van der Waals surface area contributed by atoms with Gasteiger partial charge < -0.3 is 20.5 Å². The van der Waals surface area contributed by atoms with Crippen molar-refractivity contribution in [2.45, 2.75) is 85.1 Å². The standard InChI is InChI=1S/C33H42ClN7O2/c1-21(32(2,3)4)37-19-22-9-14-28-27(16-22)38-31(39-29(42)23-10-12-25(34)13-11-23)41(28)20-26-8-7-15-40(26)30(43)24(18-35)17-33(5,6)36/h9-14,16-17,21,26,37H,7-8,15,19-20,36H2,1-6H3,(H,38,39,42)/t21-,26?/m0/s1. The smallest absolute Gasteiger partial charge is 0.264 e. The van der Waals surface area contributed by atoms with Gasteiger partial charge in [0.1, 0.15) is 11.6 Å². The van der Waals surface area contributed by atoms with E-state index in [0.29, 0.717) is 42.2 Å². The Labute approximate surface area is 259 Å². The highest BCUT2D eigenvalue weighted by Crippen LogP contribution is 2.28. The molecular weight excluding hydrogens is 562 g/mol. The van der Waals surface area contributed by atoms with E-state index in [0.717, 1.165) is 29.4 Å². The fraction of sp³-hybridized carbons (Fsp3) is 0.455. The molecule has 0 bridgehead atoms. The number of anilines is 1. The van der Waals surface area contributed by atoms with Crippen LogP contribution in [0.15, 0.2) is 54.1 Å². The van der Waals surface area contributed by atoms with E-state index >= 15 is 0 Å². The highest BCUT2D eigenvalue weighted by molar-refractivity contribution is 6.30. The third kappa shape index (κ3) is 8.02. The Balaban J connectivity index is 1.67. The number of amides is 2. The summed E-state index contributed by atoms with van der Waals surface area (Å²) in [5, 5.41) is 16.8. The van der Waals surface area contributed by atoms with Crippen molar-refractivity contribution in [3.63, 3.8) is 0 Å². The Kier molecular flexibility index (Phi) is 9.65. The van der Waals surface area contributed by atoms with Crippen molar-refractivity contribution in [1.82, 2.24) is 19.8 Å². The van der Waals surface area contributed by atoms with E-state index in [1.54, 1.807) is 43.0 Å². The predicted octanol–water partition coefficient (Wildman–Crippen LogP) is 5.64. The molecule has 43 heavy (non-hydrogen) atoms. The van der Waals surface area contributed by atoms with Crippen LogP contribution in [0.3, 0.4) is 0 Å². The summed E-state index contributed by atoms with van der Waals surface area (Å²) in [7, 11) is 0. The molecule has 2 atom stereocenters. The Morgan fingerprint density at radius 2 is 1.88 bits per heavy atom. The van der Waals surface area contributed by atoms with Gasteiger partial charge in [-0.05, 0) is 87.1 Å². The maximum Gasteiger partial charge on any atom is 0.264 e. The first-order valence-electron chi connectivity index (χ1n) is 14.7. The average molecular weight is 604 g/mol. The number of nitrogens with one attached hydrogen (secondary N) is 2. The fourth-order valence-electron chi connectivity index (χ4n) is 5.09. The lowest BCUT2D eigenvalue weighted by Crippen LogP contribution is -2.40. The van der Waals surface area contributed by atoms with Crippen molar-refractivity contribution in [2.75, 3.05) is 11.9 Å². The third-order valence-corrected chi connectivity index (χ3v) is 8.21. The molecule has 10 heteroatoms. The summed E-state index contributed by atoms with van der Waals surface area (Å²) in [5.41, 5.74) is 8.56. The first-order chi connectivity index (χ1) is 20.2. The van der Waals surface area contributed by atoms with Gasteiger partial charge in [-0.3, -0.25) is 14.9 Å². The quantitative estimate of drug-likeness (QED) is 0.214. The van der Waals surface area contributed by atoms with Crippen LogP contribution < -0.4 is 16.4 Å². The lowest BCUT2D eigenvalue weighted by Gasteiger charge is -2.28. The number of aromatic nitrogens is 2. The molecule has 3 aromatic rings. The number of nitrogens with zero attached hydrogens (tertiary/aromatic N) is 4. The largest absolute Gasteiger partial charge is 0.333 e. The zero-order valence-corrected chi connectivity index (χ0v) is 26.6. The molecule has 1 aromatic heterocycles. The number of likely N-dealkylation sites (tertiary alicyclic amines) is 1. The summed E-state index contributed by atoms with van der Waals surface area (Å²) in [6.07, 6.45) is 3.08. The number of nitriles is 1. The molecule has 0 saturated carbocycles. The van der Waals surface area contributed by atoms with Gasteiger partial charge in [0.15, 0.2) is 0 Å². The summed E-state index contributed by atoms with van der Waals surface area (Å²) in [4.78, 5) is 33.2. The molecule has 0 spiro atoms. The first-order valence-corrected chi connectivity index (χ1v) is 15.1. The SMILES string of the molecule is C[C@H](NCc1ccc2c(c1)nc(NC(=O)c1ccc(Cl)cc1)n2CC1CCCN1C(=O)C(C#N)=CC(C)(C)N)C(C)(C)C. The van der Waals surface area contributed by atoms with E-state index in [2.05, 4.69) is 44.4 Å². The average Bonchev–Trinajstić information content (AvgIpc) is 3.53. The highest BCUT2D eigenvalue weighted by atomic mass is 35.5. The number of carbonyl (C=O) groups excluding carboxylic acids is 2. The zero-order chi connectivity index (χ0) is 31.5. The van der Waals surface area contributed by atoms with E-state index in [9.17, 15) is 14.9 Å². The van der Waals surface area contributed by atoms with Crippen LogP contribution in [0.25, 0.3) is 11.0 Å². The van der Waals surface area contributed by atoms with Gasteiger partial charge in [0.05, 0.1) is 17.1 Å². The second kappa shape index (κ2) is 12.9. The van der Waals surface area contributed by atoms with Gasteiger partial charge in [-0.1, -0.05) is 38.4 Å². The van der Waals surface area contributed by atoms with Crippen molar-refractivity contribution in [2.24, 2.45) is 11.1 Å². The van der Waals surface area contributed by atoms with Gasteiger partial charge in [-0.15, -0.1) is 0 Å². The molecular formula is C33H42ClN7O2. The summed E-state index contributed by atoms with van der Waals surface area (Å²) in [6.45, 7) is 13.9. The van der Waals surface area contributed by atoms with E-state index < -0.39 is 5.54 Å². The zero-order valence-electron chi connectivity index (χ0n) is 25.9. The van der Waals surface area contributed by atoms with Crippen LogP contribution in [0.1, 0.15) is 70.3 Å². The molecule has 4 rings (SSSR count). The number of benzene rings is 2. The van der Waals surface area contributed by atoms with Crippen molar-refractivity contribution < 1.29 is 9.59 Å². The molecule has 228 valence electrons. The molecule has 0 radical (unpaired) electrons. The number of imidazole rings is 1. The molecule has 1 unspecified atom stereocenters. The van der Waals surface area contributed by atoms with E-state index in [-0.39, 0.29) is 28.8 Å². The Morgan fingerprint density at radius 3 is 2.51 bits per heavy atom.